The number of benzene rings is 1. The Labute approximate surface area is 106 Å². The lowest BCUT2D eigenvalue weighted by molar-refractivity contribution is -0.141. The average molecular weight is 254 g/mol. The van der Waals surface area contributed by atoms with Gasteiger partial charge >= 0.3 is 5.97 Å². The van der Waals surface area contributed by atoms with Gasteiger partial charge in [0.15, 0.2) is 0 Å². The molecule has 1 aliphatic rings. The molecule has 1 atom stereocenters. The molecule has 2 rings (SSSR count). The molecule has 0 radical (unpaired) electrons. The molecule has 0 aromatic heterocycles. The fourth-order valence-corrected chi connectivity index (χ4v) is 2.49. The number of aryl methyl sites for hydroxylation is 1. The molecular formula is C13H16ClNO2. The fourth-order valence-electron chi connectivity index (χ4n) is 2.20. The van der Waals surface area contributed by atoms with Crippen LogP contribution < -0.4 is 0 Å². The van der Waals surface area contributed by atoms with Gasteiger partial charge in [-0.1, -0.05) is 23.7 Å². The molecule has 0 unspecified atom stereocenters. The predicted molar refractivity (Wildman–Crippen MR) is 67.2 cm³/mol. The highest BCUT2D eigenvalue weighted by atomic mass is 35.5. The smallest absolute Gasteiger partial charge is 0.307 e. The van der Waals surface area contributed by atoms with Crippen molar-refractivity contribution in [2.75, 3.05) is 13.1 Å². The van der Waals surface area contributed by atoms with E-state index in [1.54, 1.807) is 0 Å². The number of carbonyl (C=O) groups is 1. The highest BCUT2D eigenvalue weighted by molar-refractivity contribution is 6.31. The van der Waals surface area contributed by atoms with E-state index in [0.29, 0.717) is 6.54 Å². The number of aliphatic carboxylic acids is 1. The molecule has 0 aliphatic carbocycles. The van der Waals surface area contributed by atoms with Gasteiger partial charge < -0.3 is 5.11 Å². The third-order valence-corrected chi connectivity index (χ3v) is 3.58. The SMILES string of the molecule is Cc1ccc(CN2CC[C@H](C(=O)O)C2)c(Cl)c1. The van der Waals surface area contributed by atoms with Crippen molar-refractivity contribution in [1.82, 2.24) is 4.90 Å². The minimum atomic E-state index is -0.692. The van der Waals surface area contributed by atoms with Crippen molar-refractivity contribution < 1.29 is 9.90 Å². The minimum absolute atomic E-state index is 0.223. The van der Waals surface area contributed by atoms with Crippen molar-refractivity contribution in [2.24, 2.45) is 5.92 Å². The van der Waals surface area contributed by atoms with Crippen molar-refractivity contribution in [1.29, 1.82) is 0 Å². The summed E-state index contributed by atoms with van der Waals surface area (Å²) in [7, 11) is 0. The lowest BCUT2D eigenvalue weighted by Crippen LogP contribution is -2.22. The topological polar surface area (TPSA) is 40.5 Å². The van der Waals surface area contributed by atoms with Crippen LogP contribution in [0, 0.1) is 12.8 Å². The van der Waals surface area contributed by atoms with Crippen LogP contribution in [0.2, 0.25) is 5.02 Å². The van der Waals surface area contributed by atoms with Crippen molar-refractivity contribution >= 4 is 17.6 Å². The Morgan fingerprint density at radius 1 is 1.59 bits per heavy atom. The van der Waals surface area contributed by atoms with Crippen LogP contribution in [0.4, 0.5) is 0 Å². The van der Waals surface area contributed by atoms with Crippen LogP contribution in [-0.4, -0.2) is 29.1 Å². The maximum absolute atomic E-state index is 10.9. The molecule has 92 valence electrons. The molecule has 1 saturated heterocycles. The highest BCUT2D eigenvalue weighted by Gasteiger charge is 2.27. The Bertz CT molecular complexity index is 433. The lowest BCUT2D eigenvalue weighted by Gasteiger charge is -2.16. The van der Waals surface area contributed by atoms with Crippen LogP contribution in [0.1, 0.15) is 17.5 Å². The van der Waals surface area contributed by atoms with E-state index in [-0.39, 0.29) is 5.92 Å². The van der Waals surface area contributed by atoms with Gasteiger partial charge in [-0.3, -0.25) is 9.69 Å². The Balaban J connectivity index is 2.00. The average Bonchev–Trinajstić information content (AvgIpc) is 2.71. The highest BCUT2D eigenvalue weighted by Crippen LogP contribution is 2.23. The Morgan fingerprint density at radius 2 is 2.35 bits per heavy atom. The van der Waals surface area contributed by atoms with Gasteiger partial charge in [0, 0.05) is 18.1 Å². The molecule has 1 aromatic carbocycles. The van der Waals surface area contributed by atoms with Crippen LogP contribution in [-0.2, 0) is 11.3 Å². The summed E-state index contributed by atoms with van der Waals surface area (Å²) in [6.07, 6.45) is 0.735. The van der Waals surface area contributed by atoms with Gasteiger partial charge in [0.05, 0.1) is 5.92 Å². The zero-order chi connectivity index (χ0) is 12.4. The fraction of sp³-hybridized carbons (Fsp3) is 0.462. The molecule has 1 aromatic rings. The third-order valence-electron chi connectivity index (χ3n) is 3.22. The van der Waals surface area contributed by atoms with Gasteiger partial charge in [-0.15, -0.1) is 0 Å². The monoisotopic (exact) mass is 253 g/mol. The van der Waals surface area contributed by atoms with Crippen molar-refractivity contribution in [2.45, 2.75) is 19.9 Å². The first-order valence-electron chi connectivity index (χ1n) is 5.76. The number of carboxylic acids is 1. The Kier molecular flexibility index (Phi) is 3.69. The number of hydrogen-bond donors (Lipinski definition) is 1. The van der Waals surface area contributed by atoms with Crippen LogP contribution in [0.3, 0.4) is 0 Å². The van der Waals surface area contributed by atoms with E-state index in [2.05, 4.69) is 4.90 Å². The zero-order valence-corrected chi connectivity index (χ0v) is 10.6. The lowest BCUT2D eigenvalue weighted by atomic mass is 10.1. The second kappa shape index (κ2) is 5.07. The number of likely N-dealkylation sites (tertiary alicyclic amines) is 1. The Hall–Kier alpha value is -1.06. The molecule has 1 aliphatic heterocycles. The number of nitrogens with zero attached hydrogens (tertiary/aromatic N) is 1. The summed E-state index contributed by atoms with van der Waals surface area (Å²) in [6.45, 7) is 4.20. The van der Waals surface area contributed by atoms with Crippen molar-refractivity contribution in [3.63, 3.8) is 0 Å². The van der Waals surface area contributed by atoms with Gasteiger partial charge in [-0.05, 0) is 37.1 Å². The summed E-state index contributed by atoms with van der Waals surface area (Å²) in [6, 6.07) is 6.00. The molecule has 1 fully saturated rings. The minimum Gasteiger partial charge on any atom is -0.481 e. The summed E-state index contributed by atoms with van der Waals surface area (Å²) >= 11 is 6.16. The van der Waals surface area contributed by atoms with E-state index in [0.717, 1.165) is 35.7 Å². The molecule has 4 heteroatoms. The summed E-state index contributed by atoms with van der Waals surface area (Å²) in [5.41, 5.74) is 2.21. The molecule has 0 amide bonds. The molecule has 0 saturated carbocycles. The van der Waals surface area contributed by atoms with E-state index < -0.39 is 5.97 Å². The summed E-state index contributed by atoms with van der Waals surface area (Å²) in [5.74, 6) is -0.915. The quantitative estimate of drug-likeness (QED) is 0.900. The van der Waals surface area contributed by atoms with E-state index in [4.69, 9.17) is 16.7 Å². The zero-order valence-electron chi connectivity index (χ0n) is 9.82. The molecular weight excluding hydrogens is 238 g/mol. The Morgan fingerprint density at radius 3 is 2.94 bits per heavy atom. The maximum Gasteiger partial charge on any atom is 0.307 e. The number of carboxylic acid groups (broad SMARTS) is 1. The van der Waals surface area contributed by atoms with Gasteiger partial charge in [0.2, 0.25) is 0 Å². The number of halogens is 1. The van der Waals surface area contributed by atoms with Gasteiger partial charge in [-0.25, -0.2) is 0 Å². The standard InChI is InChI=1S/C13H16ClNO2/c1-9-2-3-10(12(14)6-9)7-15-5-4-11(8-15)13(16)17/h2-3,6,11H,4-5,7-8H2,1H3,(H,16,17)/t11-/m0/s1. The first-order valence-corrected chi connectivity index (χ1v) is 6.14. The van der Waals surface area contributed by atoms with Crippen LogP contribution in [0.15, 0.2) is 18.2 Å². The molecule has 3 nitrogen and oxygen atoms in total. The van der Waals surface area contributed by atoms with Crippen LogP contribution in [0.25, 0.3) is 0 Å². The van der Waals surface area contributed by atoms with E-state index in [1.165, 1.54) is 0 Å². The van der Waals surface area contributed by atoms with Crippen LogP contribution >= 0.6 is 11.6 Å². The molecule has 1 heterocycles. The first kappa shape index (κ1) is 12.4. The second-order valence-corrected chi connectivity index (χ2v) is 5.06. The van der Waals surface area contributed by atoms with E-state index in [1.807, 2.05) is 25.1 Å². The van der Waals surface area contributed by atoms with E-state index in [9.17, 15) is 4.79 Å². The first-order chi connectivity index (χ1) is 8.06. The van der Waals surface area contributed by atoms with Gasteiger partial charge in [0.25, 0.3) is 0 Å². The normalized spacial score (nSPS) is 20.7. The van der Waals surface area contributed by atoms with Gasteiger partial charge in [-0.2, -0.15) is 0 Å². The summed E-state index contributed by atoms with van der Waals surface area (Å²) in [5, 5.41) is 9.70. The maximum atomic E-state index is 10.9. The predicted octanol–water partition coefficient (Wildman–Crippen LogP) is 2.55. The third kappa shape index (κ3) is 2.99. The largest absolute Gasteiger partial charge is 0.481 e. The molecule has 1 N–H and O–H groups in total. The van der Waals surface area contributed by atoms with E-state index >= 15 is 0 Å². The van der Waals surface area contributed by atoms with Crippen molar-refractivity contribution in [3.8, 4) is 0 Å². The van der Waals surface area contributed by atoms with Crippen LogP contribution in [0.5, 0.6) is 0 Å². The molecule has 17 heavy (non-hydrogen) atoms. The second-order valence-electron chi connectivity index (χ2n) is 4.65. The van der Waals surface area contributed by atoms with Crippen molar-refractivity contribution in [3.05, 3.63) is 34.3 Å². The summed E-state index contributed by atoms with van der Waals surface area (Å²) in [4.78, 5) is 13.0. The van der Waals surface area contributed by atoms with Gasteiger partial charge in [0.1, 0.15) is 0 Å². The number of rotatable bonds is 3. The molecule has 0 bridgehead atoms. The molecule has 0 spiro atoms. The summed E-state index contributed by atoms with van der Waals surface area (Å²) < 4.78 is 0. The number of hydrogen-bond acceptors (Lipinski definition) is 2.